The Bertz CT molecular complexity index is 507. The third-order valence-electron chi connectivity index (χ3n) is 2.56. The number of rotatable bonds is 1. The van der Waals surface area contributed by atoms with Gasteiger partial charge in [0.25, 0.3) is 0 Å². The van der Waals surface area contributed by atoms with Crippen molar-refractivity contribution in [2.75, 3.05) is 0 Å². The van der Waals surface area contributed by atoms with Crippen LogP contribution < -0.4 is 0 Å². The van der Waals surface area contributed by atoms with Gasteiger partial charge in [0.05, 0.1) is 0 Å². The molecule has 1 heterocycles. The molecule has 0 saturated carbocycles. The molecule has 2 aromatic carbocycles. The van der Waals surface area contributed by atoms with Gasteiger partial charge in [0.2, 0.25) is 0 Å². The number of para-hydroxylation sites is 2. The minimum absolute atomic E-state index is 0. The number of benzene rings is 2. The Hall–Kier alpha value is -0.987. The molecule has 2 aromatic rings. The Morgan fingerprint density at radius 2 is 1.71 bits per heavy atom. The Labute approximate surface area is 117 Å². The first-order valence-corrected chi connectivity index (χ1v) is 5.97. The molecule has 1 aliphatic rings. The monoisotopic (exact) mass is 292 g/mol. The topological polar surface area (TPSA) is 34.3 Å². The summed E-state index contributed by atoms with van der Waals surface area (Å²) in [6, 6.07) is 15.4. The zero-order valence-corrected chi connectivity index (χ0v) is 13.0. The third kappa shape index (κ3) is 2.33. The summed E-state index contributed by atoms with van der Waals surface area (Å²) < 4.78 is 0. The largest absolute Gasteiger partial charge is 0.668 e. The fraction of sp³-hybridized carbons (Fsp3) is 0.0769. The van der Waals surface area contributed by atoms with E-state index in [-0.39, 0.29) is 24.9 Å². The number of fused-ring (bicyclic) bond motifs is 1. The summed E-state index contributed by atoms with van der Waals surface area (Å²) in [4.78, 5) is 1.18. The Kier molecular flexibility index (Phi) is 3.75. The average Bonchev–Trinajstić information content (AvgIpc) is 2.73. The van der Waals surface area contributed by atoms with Gasteiger partial charge in [0.15, 0.2) is 0 Å². The average molecular weight is 294 g/mol. The summed E-state index contributed by atoms with van der Waals surface area (Å²) in [7, 11) is 0. The van der Waals surface area contributed by atoms with Crippen LogP contribution in [0.1, 0.15) is 10.9 Å². The van der Waals surface area contributed by atoms with Crippen molar-refractivity contribution in [2.45, 2.75) is 10.3 Å². The van der Waals surface area contributed by atoms with Crippen LogP contribution in [0.25, 0.3) is 5.32 Å². The number of phenols is 1. The first-order valence-electron chi connectivity index (χ1n) is 5.09. The number of aromatic hydroxyl groups is 1. The Morgan fingerprint density at radius 1 is 1.00 bits per heavy atom. The summed E-state index contributed by atoms with van der Waals surface area (Å²) in [5.41, 5.74) is 1.89. The summed E-state index contributed by atoms with van der Waals surface area (Å²) in [5, 5.41) is 14.3. The predicted molar refractivity (Wildman–Crippen MR) is 66.2 cm³/mol. The van der Waals surface area contributed by atoms with Crippen molar-refractivity contribution in [2.24, 2.45) is 0 Å². The standard InChI is InChI=1S/C13H10NOS.Zn/c15-11-7-3-1-5-9(11)13-14-10-6-2-4-8-12(10)16-13;/h1-8,13,15H;/q-1;. The van der Waals surface area contributed by atoms with Gasteiger partial charge in [-0.2, -0.15) is 0 Å². The van der Waals surface area contributed by atoms with Crippen LogP contribution >= 0.6 is 11.8 Å². The molecule has 0 spiro atoms. The van der Waals surface area contributed by atoms with E-state index >= 15 is 0 Å². The Morgan fingerprint density at radius 3 is 2.47 bits per heavy atom. The molecule has 1 atom stereocenters. The van der Waals surface area contributed by atoms with E-state index in [0.717, 1.165) is 11.3 Å². The van der Waals surface area contributed by atoms with Crippen molar-refractivity contribution in [3.8, 4) is 5.75 Å². The molecular weight excluding hydrogens is 284 g/mol. The first kappa shape index (κ1) is 12.5. The number of hydrogen-bond acceptors (Lipinski definition) is 2. The predicted octanol–water partition coefficient (Wildman–Crippen LogP) is 4.20. The van der Waals surface area contributed by atoms with Crippen molar-refractivity contribution < 1.29 is 24.6 Å². The maximum Gasteiger partial charge on any atom is 0.118 e. The van der Waals surface area contributed by atoms with Crippen molar-refractivity contribution in [3.05, 3.63) is 59.4 Å². The van der Waals surface area contributed by atoms with Crippen LogP contribution in [0.3, 0.4) is 0 Å². The second kappa shape index (κ2) is 5.11. The minimum atomic E-state index is -0.0152. The maximum atomic E-state index is 9.78. The van der Waals surface area contributed by atoms with Crippen molar-refractivity contribution in [3.63, 3.8) is 0 Å². The molecule has 82 valence electrons. The summed E-state index contributed by atoms with van der Waals surface area (Å²) >= 11 is 1.68. The smallest absolute Gasteiger partial charge is 0.118 e. The number of hydrogen-bond donors (Lipinski definition) is 1. The molecular formula is C13H10NOSZn-. The molecule has 1 aliphatic heterocycles. The number of nitrogens with zero attached hydrogens (tertiary/aromatic N) is 1. The van der Waals surface area contributed by atoms with Gasteiger partial charge >= 0.3 is 0 Å². The second-order valence-electron chi connectivity index (χ2n) is 3.63. The van der Waals surface area contributed by atoms with Crippen molar-refractivity contribution >= 4 is 17.4 Å². The van der Waals surface area contributed by atoms with Crippen molar-refractivity contribution in [1.82, 2.24) is 0 Å². The molecule has 0 aliphatic carbocycles. The van der Waals surface area contributed by atoms with Gasteiger partial charge < -0.3 is 10.4 Å². The van der Waals surface area contributed by atoms with Gasteiger partial charge in [0.1, 0.15) is 5.75 Å². The molecule has 2 nitrogen and oxygen atoms in total. The van der Waals surface area contributed by atoms with Crippen molar-refractivity contribution in [1.29, 1.82) is 0 Å². The van der Waals surface area contributed by atoms with E-state index in [4.69, 9.17) is 0 Å². The van der Waals surface area contributed by atoms with E-state index in [2.05, 4.69) is 11.4 Å². The van der Waals surface area contributed by atoms with E-state index in [9.17, 15) is 5.11 Å². The zero-order valence-electron chi connectivity index (χ0n) is 9.21. The molecule has 1 unspecified atom stereocenters. The molecule has 0 amide bonds. The summed E-state index contributed by atoms with van der Waals surface area (Å²) in [5.74, 6) is 0.316. The van der Waals surface area contributed by atoms with Crippen LogP contribution in [-0.4, -0.2) is 5.11 Å². The molecule has 0 bridgehead atoms. The SMILES string of the molecule is Oc1ccccc1C1[N-]c2ccccc2S1.[Zn]. The fourth-order valence-corrected chi connectivity index (χ4v) is 2.90. The fourth-order valence-electron chi connectivity index (χ4n) is 1.77. The Balaban J connectivity index is 0.00000108. The molecule has 0 radical (unpaired) electrons. The molecule has 0 saturated heterocycles. The van der Waals surface area contributed by atoms with Crippen LogP contribution in [0.15, 0.2) is 53.4 Å². The van der Waals surface area contributed by atoms with Gasteiger partial charge in [-0.25, -0.2) is 0 Å². The van der Waals surface area contributed by atoms with Gasteiger partial charge in [-0.3, -0.25) is 0 Å². The summed E-state index contributed by atoms with van der Waals surface area (Å²) in [6.07, 6.45) is 0. The van der Waals surface area contributed by atoms with E-state index in [1.165, 1.54) is 4.90 Å². The maximum absolute atomic E-state index is 9.78. The molecule has 17 heavy (non-hydrogen) atoms. The van der Waals surface area contributed by atoms with Crippen LogP contribution in [0, 0.1) is 0 Å². The van der Waals surface area contributed by atoms with Gasteiger partial charge in [0, 0.05) is 19.5 Å². The molecule has 0 fully saturated rings. The number of thioether (sulfide) groups is 1. The van der Waals surface area contributed by atoms with Crippen LogP contribution in [0.2, 0.25) is 0 Å². The van der Waals surface area contributed by atoms with E-state index < -0.39 is 0 Å². The van der Waals surface area contributed by atoms with Crippen LogP contribution in [-0.2, 0) is 19.5 Å². The van der Waals surface area contributed by atoms with Crippen LogP contribution in [0.5, 0.6) is 5.75 Å². The van der Waals surface area contributed by atoms with E-state index in [0.29, 0.717) is 5.75 Å². The van der Waals surface area contributed by atoms with E-state index in [1.54, 1.807) is 17.8 Å². The first-order chi connectivity index (χ1) is 7.84. The zero-order chi connectivity index (χ0) is 11.0. The molecule has 3 rings (SSSR count). The molecule has 1 N–H and O–H groups in total. The summed E-state index contributed by atoms with van der Waals surface area (Å²) in [6.45, 7) is 0. The third-order valence-corrected chi connectivity index (χ3v) is 3.74. The van der Waals surface area contributed by atoms with E-state index in [1.807, 2.05) is 36.4 Å². The second-order valence-corrected chi connectivity index (χ2v) is 4.75. The quantitative estimate of drug-likeness (QED) is 0.800. The number of phenolic OH excluding ortho intramolecular Hbond substituents is 1. The molecule has 4 heteroatoms. The molecule has 0 aromatic heterocycles. The van der Waals surface area contributed by atoms with Gasteiger partial charge in [-0.1, -0.05) is 36.4 Å². The van der Waals surface area contributed by atoms with Gasteiger partial charge in [-0.05, 0) is 28.0 Å². The van der Waals surface area contributed by atoms with Gasteiger partial charge in [-0.15, -0.1) is 17.4 Å². The minimum Gasteiger partial charge on any atom is -0.668 e. The van der Waals surface area contributed by atoms with Crippen LogP contribution in [0.4, 0.5) is 5.69 Å². The normalized spacial score (nSPS) is 16.8.